The number of hydrogen-bond donors (Lipinski definition) is 1. The predicted octanol–water partition coefficient (Wildman–Crippen LogP) is 4.64. The second-order valence-corrected chi connectivity index (χ2v) is 4.99. The fourth-order valence-corrected chi connectivity index (χ4v) is 2.10. The second kappa shape index (κ2) is 10.7. The van der Waals surface area contributed by atoms with Crippen LogP contribution in [0.3, 0.4) is 0 Å². The number of nitrogens with zero attached hydrogens (tertiary/aromatic N) is 1. The van der Waals surface area contributed by atoms with Gasteiger partial charge in [0.1, 0.15) is 0 Å². The van der Waals surface area contributed by atoms with E-state index in [1.165, 1.54) is 51.4 Å². The average molecular weight is 264 g/mol. The summed E-state index contributed by atoms with van der Waals surface area (Å²) in [7, 11) is 1.63. The van der Waals surface area contributed by atoms with Crippen LogP contribution in [0.15, 0.2) is 18.3 Å². The molecule has 0 saturated heterocycles. The molecule has 0 spiro atoms. The molecule has 1 rings (SSSR count). The standard InChI is InChI=1S/C16H28N2O/c1-3-4-5-6-7-8-9-10-13-17-15-11-12-16(19-2)18-14-15/h11-12,14,17H,3-10,13H2,1-2H3. The molecular formula is C16H28N2O. The summed E-state index contributed by atoms with van der Waals surface area (Å²) in [5.74, 6) is 0.664. The van der Waals surface area contributed by atoms with Gasteiger partial charge in [0.2, 0.25) is 5.88 Å². The Balaban J connectivity index is 1.95. The first-order valence-corrected chi connectivity index (χ1v) is 7.60. The minimum atomic E-state index is 0.664. The van der Waals surface area contributed by atoms with Gasteiger partial charge in [-0.25, -0.2) is 4.98 Å². The molecule has 0 fully saturated rings. The Morgan fingerprint density at radius 3 is 2.26 bits per heavy atom. The molecule has 108 valence electrons. The van der Waals surface area contributed by atoms with Crippen LogP contribution in [0.1, 0.15) is 58.3 Å². The van der Waals surface area contributed by atoms with E-state index in [1.807, 2.05) is 18.3 Å². The van der Waals surface area contributed by atoms with Crippen molar-refractivity contribution in [3.8, 4) is 5.88 Å². The lowest BCUT2D eigenvalue weighted by Crippen LogP contribution is -2.01. The summed E-state index contributed by atoms with van der Waals surface area (Å²) in [6.45, 7) is 3.29. The maximum absolute atomic E-state index is 5.03. The molecule has 0 atom stereocenters. The molecular weight excluding hydrogens is 236 g/mol. The van der Waals surface area contributed by atoms with E-state index < -0.39 is 0 Å². The summed E-state index contributed by atoms with van der Waals surface area (Å²) in [6, 6.07) is 3.90. The van der Waals surface area contributed by atoms with Crippen molar-refractivity contribution in [3.05, 3.63) is 18.3 Å². The molecule has 0 bridgehead atoms. The molecule has 1 N–H and O–H groups in total. The third-order valence-electron chi connectivity index (χ3n) is 3.30. The molecule has 1 aromatic heterocycles. The van der Waals surface area contributed by atoms with Crippen LogP contribution < -0.4 is 10.1 Å². The number of rotatable bonds is 11. The van der Waals surface area contributed by atoms with Crippen molar-refractivity contribution in [3.63, 3.8) is 0 Å². The van der Waals surface area contributed by atoms with Gasteiger partial charge in [-0.2, -0.15) is 0 Å². The van der Waals surface area contributed by atoms with E-state index in [0.29, 0.717) is 5.88 Å². The lowest BCUT2D eigenvalue weighted by Gasteiger charge is -2.06. The number of hydrogen-bond acceptors (Lipinski definition) is 3. The van der Waals surface area contributed by atoms with Gasteiger partial charge in [0.15, 0.2) is 0 Å². The van der Waals surface area contributed by atoms with E-state index in [9.17, 15) is 0 Å². The van der Waals surface area contributed by atoms with Gasteiger partial charge < -0.3 is 10.1 Å². The minimum Gasteiger partial charge on any atom is -0.481 e. The highest BCUT2D eigenvalue weighted by atomic mass is 16.5. The first kappa shape index (κ1) is 15.8. The van der Waals surface area contributed by atoms with Crippen LogP contribution in [0.4, 0.5) is 5.69 Å². The highest BCUT2D eigenvalue weighted by molar-refractivity contribution is 5.41. The van der Waals surface area contributed by atoms with Gasteiger partial charge in [-0.3, -0.25) is 0 Å². The zero-order chi connectivity index (χ0) is 13.8. The van der Waals surface area contributed by atoms with Crippen molar-refractivity contribution < 1.29 is 4.74 Å². The summed E-state index contributed by atoms with van der Waals surface area (Å²) < 4.78 is 5.03. The topological polar surface area (TPSA) is 34.1 Å². The molecule has 3 heteroatoms. The average Bonchev–Trinajstić information content (AvgIpc) is 2.46. The van der Waals surface area contributed by atoms with Crippen LogP contribution in [-0.2, 0) is 0 Å². The smallest absolute Gasteiger partial charge is 0.213 e. The second-order valence-electron chi connectivity index (χ2n) is 4.99. The van der Waals surface area contributed by atoms with Gasteiger partial charge in [-0.05, 0) is 12.5 Å². The van der Waals surface area contributed by atoms with Crippen molar-refractivity contribution in [1.82, 2.24) is 4.98 Å². The molecule has 0 radical (unpaired) electrons. The third kappa shape index (κ3) is 7.70. The highest BCUT2D eigenvalue weighted by Gasteiger charge is 1.95. The van der Waals surface area contributed by atoms with Gasteiger partial charge in [-0.15, -0.1) is 0 Å². The van der Waals surface area contributed by atoms with Gasteiger partial charge in [-0.1, -0.05) is 51.9 Å². The van der Waals surface area contributed by atoms with Crippen LogP contribution in [-0.4, -0.2) is 18.6 Å². The van der Waals surface area contributed by atoms with E-state index in [1.54, 1.807) is 7.11 Å². The van der Waals surface area contributed by atoms with Gasteiger partial charge in [0.05, 0.1) is 19.0 Å². The third-order valence-corrected chi connectivity index (χ3v) is 3.30. The van der Waals surface area contributed by atoms with Crippen molar-refractivity contribution in [2.75, 3.05) is 19.0 Å². The lowest BCUT2D eigenvalue weighted by atomic mass is 10.1. The van der Waals surface area contributed by atoms with Gasteiger partial charge in [0.25, 0.3) is 0 Å². The molecule has 0 unspecified atom stereocenters. The fourth-order valence-electron chi connectivity index (χ4n) is 2.10. The van der Waals surface area contributed by atoms with Crippen LogP contribution >= 0.6 is 0 Å². The van der Waals surface area contributed by atoms with Crippen molar-refractivity contribution in [2.45, 2.75) is 58.3 Å². The Labute approximate surface area is 117 Å². The molecule has 19 heavy (non-hydrogen) atoms. The van der Waals surface area contributed by atoms with E-state index in [-0.39, 0.29) is 0 Å². The molecule has 3 nitrogen and oxygen atoms in total. The number of anilines is 1. The van der Waals surface area contributed by atoms with Crippen LogP contribution in [0, 0.1) is 0 Å². The number of methoxy groups -OCH3 is 1. The van der Waals surface area contributed by atoms with Crippen molar-refractivity contribution >= 4 is 5.69 Å². The Morgan fingerprint density at radius 1 is 1.00 bits per heavy atom. The molecule has 0 aromatic carbocycles. The van der Waals surface area contributed by atoms with Gasteiger partial charge >= 0.3 is 0 Å². The minimum absolute atomic E-state index is 0.664. The maximum atomic E-state index is 5.03. The van der Waals surface area contributed by atoms with Gasteiger partial charge in [0, 0.05) is 12.6 Å². The number of nitrogens with one attached hydrogen (secondary N) is 1. The summed E-state index contributed by atoms with van der Waals surface area (Å²) in [5.41, 5.74) is 1.07. The van der Waals surface area contributed by atoms with E-state index in [4.69, 9.17) is 4.74 Å². The Hall–Kier alpha value is -1.25. The van der Waals surface area contributed by atoms with Crippen molar-refractivity contribution in [2.24, 2.45) is 0 Å². The predicted molar refractivity (Wildman–Crippen MR) is 81.9 cm³/mol. The molecule has 0 aliphatic heterocycles. The van der Waals surface area contributed by atoms with Crippen LogP contribution in [0.5, 0.6) is 5.88 Å². The first-order chi connectivity index (χ1) is 9.36. The Bertz CT molecular complexity index is 311. The Kier molecular flexibility index (Phi) is 8.86. The number of ether oxygens (including phenoxy) is 1. The summed E-state index contributed by atoms with van der Waals surface area (Å²) in [6.07, 6.45) is 12.7. The lowest BCUT2D eigenvalue weighted by molar-refractivity contribution is 0.398. The molecule has 0 saturated carbocycles. The Morgan fingerprint density at radius 2 is 1.68 bits per heavy atom. The molecule has 0 aliphatic carbocycles. The number of unbranched alkanes of at least 4 members (excludes halogenated alkanes) is 7. The molecule has 0 aliphatic rings. The zero-order valence-corrected chi connectivity index (χ0v) is 12.5. The SMILES string of the molecule is CCCCCCCCCCNc1ccc(OC)nc1. The van der Waals surface area contributed by atoms with Crippen LogP contribution in [0.25, 0.3) is 0 Å². The molecule has 1 aromatic rings. The normalized spacial score (nSPS) is 10.4. The van der Waals surface area contributed by atoms with E-state index in [0.717, 1.165) is 12.2 Å². The molecule has 0 amide bonds. The quantitative estimate of drug-likeness (QED) is 0.591. The van der Waals surface area contributed by atoms with Crippen LogP contribution in [0.2, 0.25) is 0 Å². The van der Waals surface area contributed by atoms with E-state index >= 15 is 0 Å². The number of aromatic nitrogens is 1. The fraction of sp³-hybridized carbons (Fsp3) is 0.688. The largest absolute Gasteiger partial charge is 0.481 e. The summed E-state index contributed by atoms with van der Waals surface area (Å²) in [4.78, 5) is 4.17. The number of pyridine rings is 1. The molecule has 1 heterocycles. The van der Waals surface area contributed by atoms with Crippen molar-refractivity contribution in [1.29, 1.82) is 0 Å². The summed E-state index contributed by atoms with van der Waals surface area (Å²) >= 11 is 0. The highest BCUT2D eigenvalue weighted by Crippen LogP contribution is 2.12. The van der Waals surface area contributed by atoms with E-state index in [2.05, 4.69) is 17.2 Å². The monoisotopic (exact) mass is 264 g/mol. The zero-order valence-electron chi connectivity index (χ0n) is 12.5. The first-order valence-electron chi connectivity index (χ1n) is 7.60. The maximum Gasteiger partial charge on any atom is 0.213 e. The summed E-state index contributed by atoms with van der Waals surface area (Å²) in [5, 5.41) is 3.39.